The van der Waals surface area contributed by atoms with Gasteiger partial charge in [0.2, 0.25) is 0 Å². The third-order valence-corrected chi connectivity index (χ3v) is 2.92. The topological polar surface area (TPSA) is 0 Å². The molecule has 0 amide bonds. The molecule has 0 spiro atoms. The van der Waals surface area contributed by atoms with Crippen LogP contribution in [0.4, 0.5) is 0 Å². The number of rotatable bonds is 0. The van der Waals surface area contributed by atoms with Gasteiger partial charge in [-0.1, -0.05) is 25.0 Å². The van der Waals surface area contributed by atoms with Crippen LogP contribution in [0.2, 0.25) is 0 Å². The second kappa shape index (κ2) is 2.11. The van der Waals surface area contributed by atoms with E-state index in [1.54, 1.807) is 0 Å². The monoisotopic (exact) mass is 135 g/mol. The van der Waals surface area contributed by atoms with Crippen LogP contribution in [-0.4, -0.2) is 0 Å². The Labute approximate surface area is 63.3 Å². The zero-order chi connectivity index (χ0) is 7.03. The lowest BCUT2D eigenvalue weighted by Crippen LogP contribution is -2.26. The lowest BCUT2D eigenvalue weighted by molar-refractivity contribution is 0.224. The third kappa shape index (κ3) is 1.00. The highest BCUT2D eigenvalue weighted by Gasteiger charge is 2.31. The maximum Gasteiger partial charge on any atom is -0.0115 e. The average molecular weight is 135 g/mol. The fraction of sp³-hybridized carbons (Fsp3) is 0.700. The molecule has 2 bridgehead atoms. The van der Waals surface area contributed by atoms with E-state index in [-0.39, 0.29) is 0 Å². The normalized spacial score (nSPS) is 45.5. The van der Waals surface area contributed by atoms with Crippen LogP contribution in [0.15, 0.2) is 12.2 Å². The predicted octanol–water partition coefficient (Wildman–Crippen LogP) is 2.96. The fourth-order valence-electron chi connectivity index (χ4n) is 2.38. The summed E-state index contributed by atoms with van der Waals surface area (Å²) in [5.41, 5.74) is 0.348. The number of fused-ring (bicyclic) bond motifs is 2. The SMILES string of the molecule is [CH2]C12C=CCC(CCC1)C2. The first-order valence-electron chi connectivity index (χ1n) is 4.32. The van der Waals surface area contributed by atoms with E-state index in [4.69, 9.17) is 0 Å². The third-order valence-electron chi connectivity index (χ3n) is 2.92. The number of hydrogen-bond acceptors (Lipinski definition) is 0. The Kier molecular flexibility index (Phi) is 1.36. The number of allylic oxidation sites excluding steroid dienone is 2. The van der Waals surface area contributed by atoms with Crippen molar-refractivity contribution in [2.24, 2.45) is 11.3 Å². The smallest absolute Gasteiger partial charge is 0.0115 e. The van der Waals surface area contributed by atoms with E-state index >= 15 is 0 Å². The minimum absolute atomic E-state index is 0.348. The molecule has 0 aromatic heterocycles. The summed E-state index contributed by atoms with van der Waals surface area (Å²) in [5, 5.41) is 0. The second-order valence-corrected chi connectivity index (χ2v) is 3.96. The molecule has 55 valence electrons. The summed E-state index contributed by atoms with van der Waals surface area (Å²) < 4.78 is 0. The van der Waals surface area contributed by atoms with E-state index in [0.717, 1.165) is 5.92 Å². The van der Waals surface area contributed by atoms with E-state index in [9.17, 15) is 0 Å². The first kappa shape index (κ1) is 6.45. The Morgan fingerprint density at radius 2 is 2.40 bits per heavy atom. The largest absolute Gasteiger partial charge is 0.0877 e. The minimum atomic E-state index is 0.348. The van der Waals surface area contributed by atoms with Gasteiger partial charge in [-0.15, -0.1) is 0 Å². The lowest BCUT2D eigenvalue weighted by Gasteiger charge is -2.38. The summed E-state index contributed by atoms with van der Waals surface area (Å²) in [4.78, 5) is 0. The molecule has 2 unspecified atom stereocenters. The molecule has 2 aliphatic carbocycles. The quantitative estimate of drug-likeness (QED) is 0.448. The molecule has 0 heterocycles. The van der Waals surface area contributed by atoms with Gasteiger partial charge in [0.15, 0.2) is 0 Å². The van der Waals surface area contributed by atoms with Gasteiger partial charge in [-0.05, 0) is 37.5 Å². The molecule has 0 nitrogen and oxygen atoms in total. The van der Waals surface area contributed by atoms with Crippen molar-refractivity contribution in [2.75, 3.05) is 0 Å². The molecule has 2 rings (SSSR count). The van der Waals surface area contributed by atoms with Crippen LogP contribution >= 0.6 is 0 Å². The summed E-state index contributed by atoms with van der Waals surface area (Å²) in [5.74, 6) is 0.969. The highest BCUT2D eigenvalue weighted by molar-refractivity contribution is 5.09. The van der Waals surface area contributed by atoms with Crippen molar-refractivity contribution in [3.63, 3.8) is 0 Å². The van der Waals surface area contributed by atoms with Gasteiger partial charge in [-0.2, -0.15) is 0 Å². The predicted molar refractivity (Wildman–Crippen MR) is 43.5 cm³/mol. The van der Waals surface area contributed by atoms with Gasteiger partial charge < -0.3 is 0 Å². The fourth-order valence-corrected chi connectivity index (χ4v) is 2.38. The van der Waals surface area contributed by atoms with Crippen LogP contribution in [0.3, 0.4) is 0 Å². The van der Waals surface area contributed by atoms with Gasteiger partial charge in [0.1, 0.15) is 0 Å². The minimum Gasteiger partial charge on any atom is -0.0877 e. The maximum absolute atomic E-state index is 4.26. The van der Waals surface area contributed by atoms with Crippen molar-refractivity contribution in [2.45, 2.75) is 32.1 Å². The van der Waals surface area contributed by atoms with E-state index in [1.165, 1.54) is 32.1 Å². The Bertz CT molecular complexity index is 157. The number of hydrogen-bond donors (Lipinski definition) is 0. The van der Waals surface area contributed by atoms with Gasteiger partial charge in [0.25, 0.3) is 0 Å². The van der Waals surface area contributed by atoms with Crippen LogP contribution in [0, 0.1) is 18.3 Å². The van der Waals surface area contributed by atoms with Crippen LogP contribution in [0.1, 0.15) is 32.1 Å². The summed E-state index contributed by atoms with van der Waals surface area (Å²) in [6.07, 6.45) is 11.5. The van der Waals surface area contributed by atoms with Crippen molar-refractivity contribution in [3.8, 4) is 0 Å². The molecule has 0 aromatic rings. The Morgan fingerprint density at radius 1 is 1.50 bits per heavy atom. The molecule has 1 radical (unpaired) electrons. The van der Waals surface area contributed by atoms with E-state index in [0.29, 0.717) is 5.41 Å². The second-order valence-electron chi connectivity index (χ2n) is 3.96. The first-order valence-corrected chi connectivity index (χ1v) is 4.32. The summed E-state index contributed by atoms with van der Waals surface area (Å²) in [7, 11) is 0. The molecular formula is C10H15. The maximum atomic E-state index is 4.26. The van der Waals surface area contributed by atoms with Gasteiger partial charge in [0.05, 0.1) is 0 Å². The average Bonchev–Trinajstić information content (AvgIpc) is 1.86. The zero-order valence-corrected chi connectivity index (χ0v) is 6.47. The molecular weight excluding hydrogens is 120 g/mol. The molecule has 0 aliphatic heterocycles. The van der Waals surface area contributed by atoms with Crippen LogP contribution in [-0.2, 0) is 0 Å². The van der Waals surface area contributed by atoms with E-state index < -0.39 is 0 Å². The highest BCUT2D eigenvalue weighted by Crippen LogP contribution is 2.44. The molecule has 1 fully saturated rings. The van der Waals surface area contributed by atoms with Gasteiger partial charge in [-0.25, -0.2) is 0 Å². The van der Waals surface area contributed by atoms with Gasteiger partial charge in [0, 0.05) is 0 Å². The van der Waals surface area contributed by atoms with Crippen LogP contribution in [0.5, 0.6) is 0 Å². The summed E-state index contributed by atoms with van der Waals surface area (Å²) >= 11 is 0. The van der Waals surface area contributed by atoms with E-state index in [1.807, 2.05) is 0 Å². The van der Waals surface area contributed by atoms with Crippen molar-refractivity contribution < 1.29 is 0 Å². The molecule has 2 atom stereocenters. The molecule has 0 N–H and O–H groups in total. The standard InChI is InChI=1S/C10H15/c1-10-6-2-4-9(8-10)5-3-7-10/h2,6,9H,1,3-5,7-8H2. The molecule has 0 aromatic carbocycles. The molecule has 10 heavy (non-hydrogen) atoms. The molecule has 0 heteroatoms. The Balaban J connectivity index is 2.20. The van der Waals surface area contributed by atoms with Crippen molar-refractivity contribution in [3.05, 3.63) is 19.1 Å². The highest BCUT2D eigenvalue weighted by atomic mass is 14.4. The van der Waals surface area contributed by atoms with Crippen LogP contribution in [0.25, 0.3) is 0 Å². The summed E-state index contributed by atoms with van der Waals surface area (Å²) in [6.45, 7) is 4.26. The first-order chi connectivity index (χ1) is 4.79. The Morgan fingerprint density at radius 3 is 3.10 bits per heavy atom. The molecule has 0 saturated heterocycles. The Hall–Kier alpha value is -0.260. The summed E-state index contributed by atoms with van der Waals surface area (Å²) in [6, 6.07) is 0. The molecule has 1 saturated carbocycles. The van der Waals surface area contributed by atoms with Crippen LogP contribution < -0.4 is 0 Å². The van der Waals surface area contributed by atoms with Crippen molar-refractivity contribution in [1.82, 2.24) is 0 Å². The van der Waals surface area contributed by atoms with E-state index in [2.05, 4.69) is 19.1 Å². The lowest BCUT2D eigenvalue weighted by atomic mass is 9.67. The van der Waals surface area contributed by atoms with Gasteiger partial charge in [-0.3, -0.25) is 0 Å². The molecule has 2 aliphatic rings. The van der Waals surface area contributed by atoms with Gasteiger partial charge >= 0.3 is 0 Å². The van der Waals surface area contributed by atoms with Crippen molar-refractivity contribution in [1.29, 1.82) is 0 Å². The zero-order valence-electron chi connectivity index (χ0n) is 6.47. The van der Waals surface area contributed by atoms with Crippen molar-refractivity contribution >= 4 is 0 Å².